The number of nitrogens with one attached hydrogen (secondary N) is 1. The van der Waals surface area contributed by atoms with Crippen molar-refractivity contribution in [3.05, 3.63) is 23.8 Å². The molecular formula is C17H24Cl2F2N2O3. The molecule has 0 bridgehead atoms. The number of hydrogen-bond donors (Lipinski definition) is 1. The first-order chi connectivity index (χ1) is 11.6. The minimum atomic E-state index is -3.58. The quantitative estimate of drug-likeness (QED) is 0.825. The van der Waals surface area contributed by atoms with Crippen LogP contribution >= 0.6 is 24.8 Å². The van der Waals surface area contributed by atoms with Crippen LogP contribution in [0.1, 0.15) is 24.4 Å². The maximum absolute atomic E-state index is 13.6. The van der Waals surface area contributed by atoms with E-state index in [-0.39, 0.29) is 42.4 Å². The van der Waals surface area contributed by atoms with Crippen LogP contribution in [-0.2, 0) is 4.74 Å². The SMILES string of the molecule is Cl.Cl.FC1(F)Oc2cccc([C@@H](C3CCOCC3)N3CCNCC3)c2O1. The standard InChI is InChI=1S/C17H22F2N2O3.2ClH/c18-17(19)23-14-3-1-2-13(16(14)24-17)15(12-4-10-22-11-5-12)21-8-6-20-7-9-21;;/h1-3,12,15,20H,4-11H2;2*1H/t15-;;/m1../s1. The molecule has 2 saturated heterocycles. The van der Waals surface area contributed by atoms with Crippen LogP contribution in [0.15, 0.2) is 18.2 Å². The summed E-state index contributed by atoms with van der Waals surface area (Å²) in [6, 6.07) is 5.25. The molecule has 2 fully saturated rings. The summed E-state index contributed by atoms with van der Waals surface area (Å²) in [5.41, 5.74) is 0.804. The van der Waals surface area contributed by atoms with E-state index in [0.717, 1.165) is 57.8 Å². The third kappa shape index (κ3) is 4.34. The Balaban J connectivity index is 0.00000121. The molecule has 0 radical (unpaired) electrons. The van der Waals surface area contributed by atoms with Gasteiger partial charge < -0.3 is 19.5 Å². The van der Waals surface area contributed by atoms with Gasteiger partial charge in [-0.1, -0.05) is 12.1 Å². The number of para-hydroxylation sites is 1. The van der Waals surface area contributed by atoms with E-state index < -0.39 is 6.29 Å². The summed E-state index contributed by atoms with van der Waals surface area (Å²) < 4.78 is 42.2. The van der Waals surface area contributed by atoms with Gasteiger partial charge in [0.1, 0.15) is 0 Å². The van der Waals surface area contributed by atoms with Crippen LogP contribution in [0.2, 0.25) is 0 Å². The molecule has 5 nitrogen and oxygen atoms in total. The van der Waals surface area contributed by atoms with E-state index in [0.29, 0.717) is 5.92 Å². The molecular weight excluding hydrogens is 389 g/mol. The molecule has 0 amide bonds. The predicted molar refractivity (Wildman–Crippen MR) is 97.9 cm³/mol. The van der Waals surface area contributed by atoms with Crippen molar-refractivity contribution in [1.29, 1.82) is 0 Å². The molecule has 1 aromatic carbocycles. The highest BCUT2D eigenvalue weighted by molar-refractivity contribution is 5.85. The van der Waals surface area contributed by atoms with Gasteiger partial charge in [-0.3, -0.25) is 4.90 Å². The van der Waals surface area contributed by atoms with Crippen molar-refractivity contribution in [2.45, 2.75) is 25.2 Å². The van der Waals surface area contributed by atoms with E-state index in [9.17, 15) is 8.78 Å². The monoisotopic (exact) mass is 412 g/mol. The van der Waals surface area contributed by atoms with Gasteiger partial charge in [-0.15, -0.1) is 33.6 Å². The summed E-state index contributed by atoms with van der Waals surface area (Å²) >= 11 is 0. The van der Waals surface area contributed by atoms with Gasteiger partial charge in [0.15, 0.2) is 11.5 Å². The second kappa shape index (κ2) is 8.89. The predicted octanol–water partition coefficient (Wildman–Crippen LogP) is 3.22. The summed E-state index contributed by atoms with van der Waals surface area (Å²) in [5.74, 6) is 0.684. The van der Waals surface area contributed by atoms with Gasteiger partial charge in [-0.2, -0.15) is 0 Å². The van der Waals surface area contributed by atoms with E-state index in [4.69, 9.17) is 9.47 Å². The fourth-order valence-corrected chi connectivity index (χ4v) is 3.96. The highest BCUT2D eigenvalue weighted by atomic mass is 35.5. The lowest BCUT2D eigenvalue weighted by molar-refractivity contribution is -0.287. The second-order valence-electron chi connectivity index (χ2n) is 6.52. The zero-order valence-electron chi connectivity index (χ0n) is 14.3. The van der Waals surface area contributed by atoms with Gasteiger partial charge in [-0.05, 0) is 24.8 Å². The van der Waals surface area contributed by atoms with Crippen molar-refractivity contribution < 1.29 is 23.0 Å². The summed E-state index contributed by atoms with van der Waals surface area (Å²) in [6.07, 6.45) is -1.73. The molecule has 4 rings (SSSR count). The van der Waals surface area contributed by atoms with E-state index >= 15 is 0 Å². The van der Waals surface area contributed by atoms with E-state index in [2.05, 4.69) is 15.0 Å². The molecule has 1 aromatic rings. The van der Waals surface area contributed by atoms with Crippen LogP contribution < -0.4 is 14.8 Å². The van der Waals surface area contributed by atoms with Crippen LogP contribution in [0, 0.1) is 5.92 Å². The van der Waals surface area contributed by atoms with Crippen molar-refractivity contribution in [3.63, 3.8) is 0 Å². The number of hydrogen-bond acceptors (Lipinski definition) is 5. The van der Waals surface area contributed by atoms with Gasteiger partial charge in [-0.25, -0.2) is 0 Å². The molecule has 1 atom stereocenters. The molecule has 0 saturated carbocycles. The lowest BCUT2D eigenvalue weighted by Gasteiger charge is -2.41. The van der Waals surface area contributed by atoms with Crippen molar-refractivity contribution in [2.24, 2.45) is 5.92 Å². The van der Waals surface area contributed by atoms with Crippen molar-refractivity contribution >= 4 is 24.8 Å². The van der Waals surface area contributed by atoms with Crippen LogP contribution in [-0.4, -0.2) is 50.6 Å². The third-order valence-electron chi connectivity index (χ3n) is 5.04. The zero-order chi connectivity index (χ0) is 16.6. The minimum absolute atomic E-state index is 0. The Labute approximate surface area is 164 Å². The molecule has 3 aliphatic heterocycles. The lowest BCUT2D eigenvalue weighted by Crippen LogP contribution is -2.47. The topological polar surface area (TPSA) is 43.0 Å². The van der Waals surface area contributed by atoms with Gasteiger partial charge in [0, 0.05) is 51.0 Å². The van der Waals surface area contributed by atoms with Gasteiger partial charge in [0.25, 0.3) is 0 Å². The van der Waals surface area contributed by atoms with Crippen molar-refractivity contribution in [3.8, 4) is 11.5 Å². The zero-order valence-corrected chi connectivity index (χ0v) is 15.9. The number of rotatable bonds is 3. The Morgan fingerprint density at radius 2 is 1.77 bits per heavy atom. The number of nitrogens with zero attached hydrogens (tertiary/aromatic N) is 1. The average molecular weight is 413 g/mol. The molecule has 1 N–H and O–H groups in total. The van der Waals surface area contributed by atoms with Crippen LogP contribution in [0.5, 0.6) is 11.5 Å². The molecule has 0 aliphatic carbocycles. The smallest absolute Gasteiger partial charge is 0.395 e. The van der Waals surface area contributed by atoms with Gasteiger partial charge >= 0.3 is 6.29 Å². The molecule has 0 aromatic heterocycles. The number of fused-ring (bicyclic) bond motifs is 1. The summed E-state index contributed by atoms with van der Waals surface area (Å²) in [4.78, 5) is 2.38. The Kier molecular flexibility index (Phi) is 7.33. The van der Waals surface area contributed by atoms with E-state index in [1.807, 2.05) is 6.07 Å². The molecule has 3 heterocycles. The first-order valence-corrected chi connectivity index (χ1v) is 8.55. The molecule has 26 heavy (non-hydrogen) atoms. The van der Waals surface area contributed by atoms with Crippen LogP contribution in [0.3, 0.4) is 0 Å². The lowest BCUT2D eigenvalue weighted by atomic mass is 9.85. The van der Waals surface area contributed by atoms with Gasteiger partial charge in [0.05, 0.1) is 0 Å². The average Bonchev–Trinajstić information content (AvgIpc) is 2.92. The maximum atomic E-state index is 13.6. The van der Waals surface area contributed by atoms with Crippen molar-refractivity contribution in [1.82, 2.24) is 10.2 Å². The fraction of sp³-hybridized carbons (Fsp3) is 0.647. The summed E-state index contributed by atoms with van der Waals surface area (Å²) in [7, 11) is 0. The first-order valence-electron chi connectivity index (χ1n) is 8.55. The molecule has 148 valence electrons. The molecule has 9 heteroatoms. The number of halogens is 4. The Morgan fingerprint density at radius 3 is 2.46 bits per heavy atom. The molecule has 3 aliphatic rings. The van der Waals surface area contributed by atoms with Crippen molar-refractivity contribution in [2.75, 3.05) is 39.4 Å². The second-order valence-corrected chi connectivity index (χ2v) is 6.52. The minimum Gasteiger partial charge on any atom is -0.395 e. The highest BCUT2D eigenvalue weighted by Gasteiger charge is 2.46. The van der Waals surface area contributed by atoms with Gasteiger partial charge in [0.2, 0.25) is 0 Å². The molecule has 0 unspecified atom stereocenters. The molecule has 0 spiro atoms. The Hall–Kier alpha value is -0.860. The fourth-order valence-electron chi connectivity index (χ4n) is 3.96. The number of ether oxygens (including phenoxy) is 3. The number of alkyl halides is 2. The summed E-state index contributed by atoms with van der Waals surface area (Å²) in [5, 5.41) is 3.35. The Bertz CT molecular complexity index is 579. The maximum Gasteiger partial charge on any atom is 0.586 e. The third-order valence-corrected chi connectivity index (χ3v) is 5.04. The number of benzene rings is 1. The normalized spacial score (nSPS) is 23.6. The number of piperazine rings is 1. The summed E-state index contributed by atoms with van der Waals surface area (Å²) in [6.45, 7) is 5.03. The van der Waals surface area contributed by atoms with Crippen LogP contribution in [0.4, 0.5) is 8.78 Å². The highest BCUT2D eigenvalue weighted by Crippen LogP contribution is 2.48. The van der Waals surface area contributed by atoms with E-state index in [1.54, 1.807) is 12.1 Å². The first kappa shape index (κ1) is 21.4. The van der Waals surface area contributed by atoms with Crippen LogP contribution in [0.25, 0.3) is 0 Å². The van der Waals surface area contributed by atoms with E-state index in [1.165, 1.54) is 0 Å². The largest absolute Gasteiger partial charge is 0.586 e. The Morgan fingerprint density at radius 1 is 1.08 bits per heavy atom.